The SMILES string of the molecule is O=C1CCCN1c1ccc(-c2cncc(-c3ccnc4c3cnn4CCO)c2)cc1. The first-order chi connectivity index (χ1) is 14.7. The maximum Gasteiger partial charge on any atom is 0.227 e. The Balaban J connectivity index is 1.49. The molecule has 0 aliphatic carbocycles. The number of aromatic nitrogens is 4. The number of amides is 1. The van der Waals surface area contributed by atoms with Crippen LogP contribution in [-0.4, -0.2) is 43.9 Å². The highest BCUT2D eigenvalue weighted by Crippen LogP contribution is 2.31. The minimum absolute atomic E-state index is 0.0126. The third kappa shape index (κ3) is 3.23. The number of anilines is 1. The standard InChI is InChI=1S/C23H21N5O2/c29-11-10-28-23-21(15-26-28)20(7-8-25-23)18-12-17(13-24-14-18)16-3-5-19(6-4-16)27-9-1-2-22(27)30/h3-8,12-15,29H,1-2,9-11H2. The number of aliphatic hydroxyl groups excluding tert-OH is 1. The first-order valence-corrected chi connectivity index (χ1v) is 10.0. The van der Waals surface area contributed by atoms with E-state index in [0.717, 1.165) is 51.9 Å². The van der Waals surface area contributed by atoms with Crippen molar-refractivity contribution in [3.8, 4) is 22.3 Å². The van der Waals surface area contributed by atoms with Crippen LogP contribution in [0.4, 0.5) is 5.69 Å². The summed E-state index contributed by atoms with van der Waals surface area (Å²) in [7, 11) is 0. The third-order valence-corrected chi connectivity index (χ3v) is 5.49. The highest BCUT2D eigenvalue weighted by atomic mass is 16.3. The molecular weight excluding hydrogens is 378 g/mol. The van der Waals surface area contributed by atoms with Crippen molar-refractivity contribution in [1.82, 2.24) is 19.7 Å². The zero-order valence-corrected chi connectivity index (χ0v) is 16.4. The van der Waals surface area contributed by atoms with Crippen LogP contribution in [0.1, 0.15) is 12.8 Å². The van der Waals surface area contributed by atoms with E-state index in [0.29, 0.717) is 13.0 Å². The lowest BCUT2D eigenvalue weighted by Crippen LogP contribution is -2.23. The molecule has 1 amide bonds. The second kappa shape index (κ2) is 7.68. The Morgan fingerprint density at radius 1 is 1.00 bits per heavy atom. The molecule has 7 nitrogen and oxygen atoms in total. The molecule has 4 heterocycles. The van der Waals surface area contributed by atoms with E-state index >= 15 is 0 Å². The van der Waals surface area contributed by atoms with Crippen LogP contribution >= 0.6 is 0 Å². The largest absolute Gasteiger partial charge is 0.394 e. The van der Waals surface area contributed by atoms with Crippen LogP contribution in [0, 0.1) is 0 Å². The number of hydrogen-bond acceptors (Lipinski definition) is 5. The fourth-order valence-electron chi connectivity index (χ4n) is 3.99. The molecule has 30 heavy (non-hydrogen) atoms. The maximum absolute atomic E-state index is 12.0. The van der Waals surface area contributed by atoms with Crippen LogP contribution in [-0.2, 0) is 11.3 Å². The van der Waals surface area contributed by atoms with Gasteiger partial charge < -0.3 is 10.0 Å². The van der Waals surface area contributed by atoms with Crippen molar-refractivity contribution >= 4 is 22.6 Å². The van der Waals surface area contributed by atoms with Gasteiger partial charge in [-0.3, -0.25) is 9.78 Å². The number of aliphatic hydroxyl groups is 1. The van der Waals surface area contributed by atoms with E-state index in [4.69, 9.17) is 0 Å². The summed E-state index contributed by atoms with van der Waals surface area (Å²) in [6, 6.07) is 12.1. The molecule has 1 fully saturated rings. The quantitative estimate of drug-likeness (QED) is 0.557. The lowest BCUT2D eigenvalue weighted by molar-refractivity contribution is -0.117. The van der Waals surface area contributed by atoms with Crippen LogP contribution in [0.25, 0.3) is 33.3 Å². The van der Waals surface area contributed by atoms with Gasteiger partial charge >= 0.3 is 0 Å². The summed E-state index contributed by atoms with van der Waals surface area (Å²) < 4.78 is 1.70. The van der Waals surface area contributed by atoms with E-state index in [9.17, 15) is 9.90 Å². The molecule has 0 radical (unpaired) electrons. The van der Waals surface area contributed by atoms with Gasteiger partial charge in [-0.15, -0.1) is 0 Å². The van der Waals surface area contributed by atoms with Gasteiger partial charge in [-0.25, -0.2) is 9.67 Å². The van der Waals surface area contributed by atoms with Crippen molar-refractivity contribution in [1.29, 1.82) is 0 Å². The average molecular weight is 399 g/mol. The lowest BCUT2D eigenvalue weighted by Gasteiger charge is -2.16. The Kier molecular flexibility index (Phi) is 4.72. The predicted octanol–water partition coefficient (Wildman–Crippen LogP) is 3.28. The van der Waals surface area contributed by atoms with Gasteiger partial charge in [-0.05, 0) is 41.8 Å². The van der Waals surface area contributed by atoms with Gasteiger partial charge in [0.15, 0.2) is 5.65 Å². The highest BCUT2D eigenvalue weighted by Gasteiger charge is 2.21. The van der Waals surface area contributed by atoms with Crippen molar-refractivity contribution in [2.24, 2.45) is 0 Å². The summed E-state index contributed by atoms with van der Waals surface area (Å²) in [5, 5.41) is 14.5. The molecule has 150 valence electrons. The normalized spacial score (nSPS) is 14.0. The fourth-order valence-corrected chi connectivity index (χ4v) is 3.99. The number of carbonyl (C=O) groups excluding carboxylic acids is 1. The molecule has 7 heteroatoms. The van der Waals surface area contributed by atoms with Gasteiger partial charge in [0.05, 0.1) is 19.3 Å². The predicted molar refractivity (Wildman–Crippen MR) is 115 cm³/mol. The molecule has 1 N–H and O–H groups in total. The van der Waals surface area contributed by atoms with Gasteiger partial charge in [-0.2, -0.15) is 5.10 Å². The second-order valence-electron chi connectivity index (χ2n) is 7.35. The molecule has 5 rings (SSSR count). The summed E-state index contributed by atoms with van der Waals surface area (Å²) in [6.07, 6.45) is 8.75. The minimum Gasteiger partial charge on any atom is -0.394 e. The van der Waals surface area contributed by atoms with Crippen molar-refractivity contribution in [2.75, 3.05) is 18.1 Å². The number of rotatable bonds is 5. The van der Waals surface area contributed by atoms with Crippen LogP contribution in [0.2, 0.25) is 0 Å². The number of fused-ring (bicyclic) bond motifs is 1. The van der Waals surface area contributed by atoms with Crippen molar-refractivity contribution in [3.63, 3.8) is 0 Å². The lowest BCUT2D eigenvalue weighted by atomic mass is 10.0. The number of pyridine rings is 2. The van der Waals surface area contributed by atoms with Crippen molar-refractivity contribution in [2.45, 2.75) is 19.4 Å². The number of benzene rings is 1. The van der Waals surface area contributed by atoms with Gasteiger partial charge in [-0.1, -0.05) is 12.1 Å². The summed E-state index contributed by atoms with van der Waals surface area (Å²) >= 11 is 0. The molecule has 0 atom stereocenters. The van der Waals surface area contributed by atoms with Crippen LogP contribution < -0.4 is 4.90 Å². The van der Waals surface area contributed by atoms with Crippen molar-refractivity contribution in [3.05, 3.63) is 61.2 Å². The molecule has 1 aromatic carbocycles. The number of carbonyl (C=O) groups is 1. The Hall–Kier alpha value is -3.58. The smallest absolute Gasteiger partial charge is 0.227 e. The number of hydrogen-bond donors (Lipinski definition) is 1. The topological polar surface area (TPSA) is 84.1 Å². The Morgan fingerprint density at radius 3 is 2.60 bits per heavy atom. The average Bonchev–Trinajstić information content (AvgIpc) is 3.40. The molecule has 3 aromatic heterocycles. The van der Waals surface area contributed by atoms with Gasteiger partial charge in [0, 0.05) is 53.8 Å². The summed E-state index contributed by atoms with van der Waals surface area (Å²) in [5.41, 5.74) is 5.70. The van der Waals surface area contributed by atoms with Gasteiger partial charge in [0.2, 0.25) is 5.91 Å². The molecule has 0 bridgehead atoms. The van der Waals surface area contributed by atoms with E-state index in [2.05, 4.69) is 21.1 Å². The van der Waals surface area contributed by atoms with Gasteiger partial charge in [0.1, 0.15) is 0 Å². The first-order valence-electron chi connectivity index (χ1n) is 10.0. The second-order valence-corrected chi connectivity index (χ2v) is 7.35. The summed E-state index contributed by atoms with van der Waals surface area (Å²) in [6.45, 7) is 1.21. The maximum atomic E-state index is 12.0. The fraction of sp³-hybridized carbons (Fsp3) is 0.217. The molecule has 0 spiro atoms. The van der Waals surface area contributed by atoms with E-state index < -0.39 is 0 Å². The zero-order valence-electron chi connectivity index (χ0n) is 16.4. The highest BCUT2D eigenvalue weighted by molar-refractivity contribution is 5.96. The van der Waals surface area contributed by atoms with Gasteiger partial charge in [0.25, 0.3) is 0 Å². The monoisotopic (exact) mass is 399 g/mol. The van der Waals surface area contributed by atoms with Crippen LogP contribution in [0.3, 0.4) is 0 Å². The molecule has 4 aromatic rings. The van der Waals surface area contributed by atoms with E-state index in [1.165, 1.54) is 0 Å². The molecule has 1 saturated heterocycles. The third-order valence-electron chi connectivity index (χ3n) is 5.49. The Morgan fingerprint density at radius 2 is 1.83 bits per heavy atom. The molecular formula is C23H21N5O2. The Bertz CT molecular complexity index is 1220. The van der Waals surface area contributed by atoms with Crippen molar-refractivity contribution < 1.29 is 9.90 Å². The Labute approximate surface area is 173 Å². The van der Waals surface area contributed by atoms with E-state index in [-0.39, 0.29) is 12.5 Å². The number of nitrogens with zero attached hydrogens (tertiary/aromatic N) is 5. The molecule has 1 aliphatic rings. The summed E-state index contributed by atoms with van der Waals surface area (Å²) in [5.74, 6) is 0.190. The molecule has 0 unspecified atom stereocenters. The minimum atomic E-state index is 0.0126. The molecule has 1 aliphatic heterocycles. The van der Waals surface area contributed by atoms with E-state index in [1.807, 2.05) is 47.6 Å². The summed E-state index contributed by atoms with van der Waals surface area (Å²) in [4.78, 5) is 22.7. The first kappa shape index (κ1) is 18.4. The molecule has 0 saturated carbocycles. The van der Waals surface area contributed by atoms with Crippen LogP contribution in [0.5, 0.6) is 0 Å². The zero-order chi connectivity index (χ0) is 20.5. The van der Waals surface area contributed by atoms with Crippen LogP contribution in [0.15, 0.2) is 61.2 Å². The van der Waals surface area contributed by atoms with E-state index in [1.54, 1.807) is 17.1 Å².